The van der Waals surface area contributed by atoms with E-state index in [-0.39, 0.29) is 0 Å². The van der Waals surface area contributed by atoms with Crippen LogP contribution < -0.4 is 5.32 Å². The zero-order chi connectivity index (χ0) is 58.9. The second-order valence-electron chi connectivity index (χ2n) is 15.7. The highest BCUT2D eigenvalue weighted by atomic mass is 79.9. The Morgan fingerprint density at radius 2 is 0.253 bits per heavy atom. The minimum atomic E-state index is 0.716. The Labute approximate surface area is 704 Å². The molecule has 8 aromatic rings. The molecule has 0 aromatic heterocycles. The summed E-state index contributed by atoms with van der Waals surface area (Å²) in [5.41, 5.74) is 11.3. The maximum absolute atomic E-state index is 4.06. The van der Waals surface area contributed by atoms with Crippen LogP contribution in [0.2, 0.25) is 0 Å². The molecule has 0 fully saturated rings. The van der Waals surface area contributed by atoms with Gasteiger partial charge in [-0.3, -0.25) is 0 Å². The quantitative estimate of drug-likeness (QED) is 0.118. The summed E-state index contributed by atoms with van der Waals surface area (Å²) in [5, 5.41) is 3.99. The van der Waals surface area contributed by atoms with Crippen molar-refractivity contribution < 1.29 is 0 Å². The molecule has 31 heteroatoms. The molecule has 0 atom stereocenters. The monoisotopic (exact) mass is 2960 g/mol. The van der Waals surface area contributed by atoms with Crippen LogP contribution in [-0.4, -0.2) is 0 Å². The third kappa shape index (κ3) is 13.5. The van der Waals surface area contributed by atoms with E-state index in [0.717, 1.165) is 201 Å². The van der Waals surface area contributed by atoms with Crippen LogP contribution in [0.1, 0.15) is 0 Å². The van der Waals surface area contributed by atoms with Crippen LogP contribution >= 0.6 is 478 Å². The summed E-state index contributed by atoms with van der Waals surface area (Å²) in [5.74, 6) is 0. The molecule has 0 aliphatic carbocycles. The van der Waals surface area contributed by atoms with Crippen LogP contribution in [0.15, 0.2) is 158 Å². The molecule has 8 aromatic carbocycles. The first-order valence-electron chi connectivity index (χ1n) is 20.0. The molecule has 0 radical (unpaired) electrons. The Balaban J connectivity index is 1.67. The van der Waals surface area contributed by atoms with Crippen molar-refractivity contribution in [1.29, 1.82) is 0 Å². The normalized spacial score (nSPS) is 11.7. The van der Waals surface area contributed by atoms with Gasteiger partial charge in [0.2, 0.25) is 0 Å². The van der Waals surface area contributed by atoms with Crippen molar-refractivity contribution in [2.45, 2.75) is 0 Å². The zero-order valence-corrected chi connectivity index (χ0v) is 83.7. The summed E-state index contributed by atoms with van der Waals surface area (Å²) in [6.07, 6.45) is 0. The Kier molecular flexibility index (Phi) is 27.2. The van der Waals surface area contributed by atoms with Crippen molar-refractivity contribution in [2.75, 3.05) is 5.32 Å². The largest absolute Gasteiger partial charge is 0.355 e. The summed E-state index contributed by atoms with van der Waals surface area (Å²) < 4.78 is 23.6. The summed E-state index contributed by atoms with van der Waals surface area (Å²) in [7, 11) is 0. The second-order valence-corrected chi connectivity index (χ2v) is 39.5. The number of benzene rings is 8. The molecule has 0 aliphatic heterocycles. The third-order valence-corrected chi connectivity index (χ3v) is 48.0. The molecule has 0 saturated carbocycles. The van der Waals surface area contributed by atoms with Gasteiger partial charge in [-0.25, -0.2) is 0 Å². The van der Waals surface area contributed by atoms with Gasteiger partial charge >= 0.3 is 0 Å². The summed E-state index contributed by atoms with van der Waals surface area (Å²) in [6, 6.07) is 8.63. The number of rotatable bonds is 8. The standard InChI is InChI=1S/C48H5Br30N/c49-19-13(20(50)32(62)43(73)31(19)61)7-1-5(2-8(14-21(51)33(63)44(74)34(64)22(14)52)11(7)17-27(57)39(69)47(77)40(70)28(17)58)79-6-3-9(15-23(53)35(65)45(75)36(66)24(15)54)12(18-29(59)41(71)48(78)42(72)30(18)60)10(4-6)16-25(55)37(67)46(76)38(68)26(16)56/h1-4,79H. The maximum Gasteiger partial charge on any atom is 0.0482 e. The maximum atomic E-state index is 4.06. The van der Waals surface area contributed by atoms with Crippen LogP contribution in [-0.2, 0) is 0 Å². The van der Waals surface area contributed by atoms with Gasteiger partial charge in [-0.2, -0.15) is 0 Å². The van der Waals surface area contributed by atoms with E-state index in [1.165, 1.54) is 0 Å². The van der Waals surface area contributed by atoms with Crippen LogP contribution in [0.25, 0.3) is 66.8 Å². The van der Waals surface area contributed by atoms with Gasteiger partial charge in [0.15, 0.2) is 0 Å². The van der Waals surface area contributed by atoms with Gasteiger partial charge in [0.25, 0.3) is 0 Å². The average molecular weight is 2990 g/mol. The number of halogens is 30. The van der Waals surface area contributed by atoms with Gasteiger partial charge in [-0.15, -0.1) is 0 Å². The van der Waals surface area contributed by atoms with Crippen molar-refractivity contribution in [1.82, 2.24) is 0 Å². The Morgan fingerprint density at radius 1 is 0.139 bits per heavy atom. The first kappa shape index (κ1) is 72.8. The lowest BCUT2D eigenvalue weighted by Gasteiger charge is -2.27. The van der Waals surface area contributed by atoms with E-state index in [2.05, 4.69) is 507 Å². The minimum absolute atomic E-state index is 0.716. The summed E-state index contributed by atoms with van der Waals surface area (Å²) >= 11 is 119. The van der Waals surface area contributed by atoms with E-state index in [1.807, 2.05) is 0 Å². The molecular formula is C48H5Br30N. The molecule has 0 spiro atoms. The average Bonchev–Trinajstić information content (AvgIpc) is 3.53. The van der Waals surface area contributed by atoms with Gasteiger partial charge in [0.1, 0.15) is 0 Å². The van der Waals surface area contributed by atoms with E-state index in [4.69, 9.17) is 0 Å². The zero-order valence-electron chi connectivity index (χ0n) is 36.1. The summed E-state index contributed by atoms with van der Waals surface area (Å²) in [4.78, 5) is 0. The third-order valence-electron chi connectivity index (χ3n) is 11.4. The smallest absolute Gasteiger partial charge is 0.0482 e. The molecule has 0 bridgehead atoms. The number of nitrogens with one attached hydrogen (secondary N) is 1. The second kappa shape index (κ2) is 29.5. The van der Waals surface area contributed by atoms with Crippen molar-refractivity contribution in [3.8, 4) is 66.8 Å². The highest BCUT2D eigenvalue weighted by molar-refractivity contribution is 9.19. The number of hydrogen-bond acceptors (Lipinski definition) is 1. The van der Waals surface area contributed by atoms with Crippen LogP contribution in [0, 0.1) is 0 Å². The van der Waals surface area contributed by atoms with Gasteiger partial charge in [-0.1, -0.05) is 0 Å². The topological polar surface area (TPSA) is 12.0 Å². The summed E-state index contributed by atoms with van der Waals surface area (Å²) in [6.45, 7) is 0. The highest BCUT2D eigenvalue weighted by Gasteiger charge is 2.34. The van der Waals surface area contributed by atoms with E-state index < -0.39 is 0 Å². The molecule has 1 N–H and O–H groups in total. The first-order chi connectivity index (χ1) is 36.7. The fourth-order valence-electron chi connectivity index (χ4n) is 7.94. The van der Waals surface area contributed by atoms with E-state index in [9.17, 15) is 0 Å². The predicted octanol–water partition coefficient (Wildman–Crippen LogP) is 36.3. The first-order valence-corrected chi connectivity index (χ1v) is 43.8. The van der Waals surface area contributed by atoms with Crippen molar-refractivity contribution in [3.05, 3.63) is 158 Å². The Hall–Kier alpha value is 7.96. The highest BCUT2D eigenvalue weighted by Crippen LogP contribution is 2.63. The van der Waals surface area contributed by atoms with Gasteiger partial charge in [0.05, 0.1) is 0 Å². The van der Waals surface area contributed by atoms with E-state index in [1.54, 1.807) is 0 Å². The van der Waals surface area contributed by atoms with E-state index >= 15 is 0 Å². The molecule has 8 rings (SSSR count). The van der Waals surface area contributed by atoms with Crippen molar-refractivity contribution in [3.63, 3.8) is 0 Å². The molecule has 0 aliphatic rings. The lowest BCUT2D eigenvalue weighted by molar-refractivity contribution is 1.39. The van der Waals surface area contributed by atoms with Gasteiger partial charge < -0.3 is 5.32 Å². The van der Waals surface area contributed by atoms with Crippen LogP contribution in [0.3, 0.4) is 0 Å². The lowest BCUT2D eigenvalue weighted by atomic mass is 9.86. The lowest BCUT2D eigenvalue weighted by Crippen LogP contribution is -2.03. The molecule has 0 amide bonds. The molecular weight excluding hydrogens is 2990 g/mol. The van der Waals surface area contributed by atoms with Gasteiger partial charge in [0, 0.05) is 179 Å². The number of hydrogen-bond donors (Lipinski definition) is 1. The number of anilines is 2. The SMILES string of the molecule is Brc1c(Br)c(Br)c(-c2cc(Nc3cc(-c4c(Br)c(Br)c(Br)c(Br)c4Br)c(-c4c(Br)c(Br)c(Br)c(Br)c4Br)c(-c4c(Br)c(Br)c(Br)c(Br)c4Br)c3)cc(-c3c(Br)c(Br)c(Br)c(Br)c3Br)c2-c2c(Br)c(Br)c(Br)c(Br)c2Br)c(Br)c1Br. The molecule has 412 valence electrons. The molecule has 1 nitrogen and oxygen atoms in total. The molecule has 0 heterocycles. The predicted molar refractivity (Wildman–Crippen MR) is 440 cm³/mol. The molecule has 79 heavy (non-hydrogen) atoms. The molecule has 0 unspecified atom stereocenters. The fourth-order valence-corrected chi connectivity index (χ4v) is 28.7. The Bertz CT molecular complexity index is 3440. The van der Waals surface area contributed by atoms with Crippen LogP contribution in [0.5, 0.6) is 0 Å². The molecule has 0 saturated heterocycles. The minimum Gasteiger partial charge on any atom is -0.355 e. The van der Waals surface area contributed by atoms with Crippen LogP contribution in [0.4, 0.5) is 11.4 Å². The van der Waals surface area contributed by atoms with Crippen molar-refractivity contribution >= 4 is 489 Å². The Morgan fingerprint density at radius 3 is 0.392 bits per heavy atom. The van der Waals surface area contributed by atoms with Crippen molar-refractivity contribution in [2.24, 2.45) is 0 Å². The van der Waals surface area contributed by atoms with Gasteiger partial charge in [-0.05, 0) is 536 Å². The van der Waals surface area contributed by atoms with E-state index in [0.29, 0.717) is 11.4 Å². The fraction of sp³-hybridized carbons (Fsp3) is 0.